The second-order valence-electron chi connectivity index (χ2n) is 9.99. The SMILES string of the molecule is COc1cc(C)ccc1CNC(=O)c1cc2c(cnn2C)c(-c2nc(-c3cc(C)nn3CCCOC(F)F)cn2C)n1. The molecule has 1 amide bonds. The number of benzene rings is 1. The van der Waals surface area contributed by atoms with Crippen LogP contribution in [0.2, 0.25) is 0 Å². The maximum Gasteiger partial charge on any atom is 0.345 e. The van der Waals surface area contributed by atoms with E-state index in [4.69, 9.17) is 14.7 Å². The Labute approximate surface area is 241 Å². The van der Waals surface area contributed by atoms with Gasteiger partial charge in [0.25, 0.3) is 5.91 Å². The molecule has 0 spiro atoms. The monoisotopic (exact) mass is 578 g/mol. The van der Waals surface area contributed by atoms with Crippen molar-refractivity contribution in [2.45, 2.75) is 40.0 Å². The number of ether oxygens (including phenoxy) is 2. The van der Waals surface area contributed by atoms with Crippen molar-refractivity contribution in [3.63, 3.8) is 0 Å². The van der Waals surface area contributed by atoms with Gasteiger partial charge < -0.3 is 19.4 Å². The summed E-state index contributed by atoms with van der Waals surface area (Å²) in [5, 5.41) is 12.6. The minimum Gasteiger partial charge on any atom is -0.496 e. The van der Waals surface area contributed by atoms with Crippen LogP contribution in [0.15, 0.2) is 42.7 Å². The number of halogens is 2. The lowest BCUT2D eigenvalue weighted by Crippen LogP contribution is -2.24. The fourth-order valence-electron chi connectivity index (χ4n) is 4.81. The molecule has 0 bridgehead atoms. The van der Waals surface area contributed by atoms with E-state index in [-0.39, 0.29) is 24.8 Å². The number of pyridine rings is 1. The van der Waals surface area contributed by atoms with Gasteiger partial charge in [0.1, 0.15) is 22.8 Å². The van der Waals surface area contributed by atoms with E-state index >= 15 is 0 Å². The van der Waals surface area contributed by atoms with E-state index in [0.29, 0.717) is 35.9 Å². The first-order valence-electron chi connectivity index (χ1n) is 13.4. The summed E-state index contributed by atoms with van der Waals surface area (Å²) in [6, 6.07) is 9.40. The number of nitrogens with zero attached hydrogens (tertiary/aromatic N) is 7. The van der Waals surface area contributed by atoms with E-state index in [1.165, 1.54) is 0 Å². The minimum absolute atomic E-state index is 0.0854. The first-order valence-corrected chi connectivity index (χ1v) is 13.4. The van der Waals surface area contributed by atoms with Crippen molar-refractivity contribution in [2.24, 2.45) is 14.1 Å². The number of carbonyl (C=O) groups is 1. The van der Waals surface area contributed by atoms with Crippen LogP contribution >= 0.6 is 0 Å². The van der Waals surface area contributed by atoms with Crippen LogP contribution in [0.1, 0.15) is 33.7 Å². The van der Waals surface area contributed by atoms with Crippen LogP contribution in [0.5, 0.6) is 5.75 Å². The normalized spacial score (nSPS) is 11.5. The summed E-state index contributed by atoms with van der Waals surface area (Å²) >= 11 is 0. The maximum atomic E-state index is 13.3. The molecule has 0 aliphatic rings. The Kier molecular flexibility index (Phi) is 8.29. The van der Waals surface area contributed by atoms with Gasteiger partial charge in [-0.05, 0) is 44.0 Å². The number of carbonyl (C=O) groups excluding carboxylic acids is 1. The van der Waals surface area contributed by atoms with Crippen molar-refractivity contribution in [3.05, 3.63) is 65.2 Å². The van der Waals surface area contributed by atoms with Crippen molar-refractivity contribution >= 4 is 16.8 Å². The second-order valence-corrected chi connectivity index (χ2v) is 9.99. The van der Waals surface area contributed by atoms with Gasteiger partial charge in [0.05, 0.1) is 36.8 Å². The van der Waals surface area contributed by atoms with Gasteiger partial charge >= 0.3 is 6.61 Å². The highest BCUT2D eigenvalue weighted by Crippen LogP contribution is 2.30. The first kappa shape index (κ1) is 28.9. The highest BCUT2D eigenvalue weighted by Gasteiger charge is 2.21. The number of aryl methyl sites for hydroxylation is 5. The summed E-state index contributed by atoms with van der Waals surface area (Å²) in [5.41, 5.74) is 5.48. The van der Waals surface area contributed by atoms with Crippen LogP contribution in [0.3, 0.4) is 0 Å². The number of fused-ring (bicyclic) bond motifs is 1. The number of methoxy groups -OCH3 is 1. The lowest BCUT2D eigenvalue weighted by atomic mass is 10.1. The fourth-order valence-corrected chi connectivity index (χ4v) is 4.81. The number of hydrogen-bond donors (Lipinski definition) is 1. The zero-order chi connectivity index (χ0) is 30.0. The Morgan fingerprint density at radius 1 is 1.12 bits per heavy atom. The van der Waals surface area contributed by atoms with Crippen LogP contribution < -0.4 is 10.1 Å². The molecule has 4 aromatic heterocycles. The number of imidazole rings is 1. The van der Waals surface area contributed by atoms with Gasteiger partial charge in [0.15, 0.2) is 5.82 Å². The molecule has 5 aromatic rings. The van der Waals surface area contributed by atoms with Crippen molar-refractivity contribution in [1.82, 2.24) is 39.4 Å². The van der Waals surface area contributed by atoms with Gasteiger partial charge in [-0.25, -0.2) is 9.97 Å². The summed E-state index contributed by atoms with van der Waals surface area (Å²) in [5.74, 6) is 0.878. The molecule has 1 N–H and O–H groups in total. The molecular formula is C29H32F2N8O3. The number of hydrogen-bond acceptors (Lipinski definition) is 7. The third-order valence-corrected chi connectivity index (χ3v) is 6.87. The van der Waals surface area contributed by atoms with Gasteiger partial charge in [0.2, 0.25) is 0 Å². The molecule has 0 saturated carbocycles. The predicted octanol–water partition coefficient (Wildman–Crippen LogP) is 4.42. The number of alkyl halides is 2. The molecule has 0 unspecified atom stereocenters. The standard InChI is InChI=1S/C29H32F2N8O3/c1-17-7-8-19(25(11-17)41-5)14-32-28(40)21-13-23-20(15-33-38(23)4)26(34-21)27-35-22(16-37(27)3)24-12-18(2)36-39(24)9-6-10-42-29(30)31/h7-8,11-13,15-16,29H,6,9-10,14H2,1-5H3,(H,32,40). The molecule has 0 aliphatic carbocycles. The number of rotatable bonds is 11. The summed E-state index contributed by atoms with van der Waals surface area (Å²) in [7, 11) is 5.24. The molecule has 11 nitrogen and oxygen atoms in total. The topological polar surface area (TPSA) is 114 Å². The first-order chi connectivity index (χ1) is 20.1. The van der Waals surface area contributed by atoms with E-state index in [2.05, 4.69) is 20.3 Å². The lowest BCUT2D eigenvalue weighted by molar-refractivity contribution is -0.129. The van der Waals surface area contributed by atoms with E-state index in [0.717, 1.165) is 33.4 Å². The molecule has 220 valence electrons. The number of nitrogens with one attached hydrogen (secondary N) is 1. The quantitative estimate of drug-likeness (QED) is 0.231. The van der Waals surface area contributed by atoms with Crippen molar-refractivity contribution < 1.29 is 23.0 Å². The molecule has 0 aliphatic heterocycles. The summed E-state index contributed by atoms with van der Waals surface area (Å²) in [6.07, 6.45) is 3.90. The van der Waals surface area contributed by atoms with Gasteiger partial charge in [-0.15, -0.1) is 0 Å². The van der Waals surface area contributed by atoms with Crippen LogP contribution in [-0.2, 0) is 31.9 Å². The second kappa shape index (κ2) is 12.1. The zero-order valence-corrected chi connectivity index (χ0v) is 24.1. The van der Waals surface area contributed by atoms with Crippen LogP contribution in [0, 0.1) is 13.8 Å². The predicted molar refractivity (Wildman–Crippen MR) is 152 cm³/mol. The Hall–Kier alpha value is -4.65. The molecule has 4 heterocycles. The average molecular weight is 579 g/mol. The maximum absolute atomic E-state index is 13.3. The van der Waals surface area contributed by atoms with E-state index in [9.17, 15) is 13.6 Å². The van der Waals surface area contributed by atoms with Crippen LogP contribution in [0.25, 0.3) is 33.8 Å². The molecule has 0 fully saturated rings. The summed E-state index contributed by atoms with van der Waals surface area (Å²) < 4.78 is 39.8. The summed E-state index contributed by atoms with van der Waals surface area (Å²) in [4.78, 5) is 22.9. The van der Waals surface area contributed by atoms with E-state index in [1.807, 2.05) is 55.9 Å². The minimum atomic E-state index is -2.80. The molecular weight excluding hydrogens is 546 g/mol. The van der Waals surface area contributed by atoms with Crippen molar-refractivity contribution in [1.29, 1.82) is 0 Å². The Balaban J connectivity index is 1.46. The largest absolute Gasteiger partial charge is 0.496 e. The lowest BCUT2D eigenvalue weighted by Gasteiger charge is -2.11. The van der Waals surface area contributed by atoms with Gasteiger partial charge in [-0.1, -0.05) is 12.1 Å². The molecule has 0 saturated heterocycles. The van der Waals surface area contributed by atoms with Gasteiger partial charge in [0, 0.05) is 44.3 Å². The smallest absolute Gasteiger partial charge is 0.345 e. The summed E-state index contributed by atoms with van der Waals surface area (Å²) in [6.45, 7) is 1.59. The fraction of sp³-hybridized carbons (Fsp3) is 0.345. The molecule has 5 rings (SSSR count). The zero-order valence-electron chi connectivity index (χ0n) is 24.1. The molecule has 0 atom stereocenters. The Morgan fingerprint density at radius 3 is 2.69 bits per heavy atom. The number of amides is 1. The molecule has 0 radical (unpaired) electrons. The van der Waals surface area contributed by atoms with E-state index in [1.54, 1.807) is 35.8 Å². The highest BCUT2D eigenvalue weighted by atomic mass is 19.3. The highest BCUT2D eigenvalue weighted by molar-refractivity contribution is 5.99. The average Bonchev–Trinajstić information content (AvgIpc) is 3.65. The van der Waals surface area contributed by atoms with E-state index < -0.39 is 6.61 Å². The molecule has 42 heavy (non-hydrogen) atoms. The molecule has 13 heteroatoms. The molecule has 1 aromatic carbocycles. The van der Waals surface area contributed by atoms with Crippen LogP contribution in [0.4, 0.5) is 8.78 Å². The Morgan fingerprint density at radius 2 is 1.93 bits per heavy atom. The third kappa shape index (κ3) is 6.00. The van der Waals surface area contributed by atoms with Crippen LogP contribution in [-0.4, -0.2) is 60.3 Å². The van der Waals surface area contributed by atoms with Crippen molar-refractivity contribution in [2.75, 3.05) is 13.7 Å². The Bertz CT molecular complexity index is 1740. The van der Waals surface area contributed by atoms with Gasteiger partial charge in [-0.3, -0.25) is 14.2 Å². The van der Waals surface area contributed by atoms with Gasteiger partial charge in [-0.2, -0.15) is 19.0 Å². The third-order valence-electron chi connectivity index (χ3n) is 6.87. The van der Waals surface area contributed by atoms with Crippen molar-refractivity contribution in [3.8, 4) is 28.7 Å². The number of aromatic nitrogens is 7.